The highest BCUT2D eigenvalue weighted by molar-refractivity contribution is 7.81. The molecule has 1 unspecified atom stereocenters. The number of thiol groups is 1. The number of carbonyl (C=O) groups excluding carboxylic acids is 2. The van der Waals surface area contributed by atoms with Crippen molar-refractivity contribution in [1.82, 2.24) is 0 Å². The average Bonchev–Trinajstić information content (AvgIpc) is 2.69. The Labute approximate surface area is 112 Å². The van der Waals surface area contributed by atoms with Crippen LogP contribution in [0, 0.1) is 0 Å². The number of carbonyl (C=O) groups is 2. The molecular formula is C14H15NO2S. The number of Topliss-reactive ketones (excluding diaryl/α,β-unsaturated/α-hetero) is 1. The average molecular weight is 261 g/mol. The summed E-state index contributed by atoms with van der Waals surface area (Å²) in [5.74, 6) is 0.297. The van der Waals surface area contributed by atoms with Crippen molar-refractivity contribution < 1.29 is 9.59 Å². The van der Waals surface area contributed by atoms with Gasteiger partial charge in [0, 0.05) is 35.9 Å². The van der Waals surface area contributed by atoms with E-state index in [4.69, 9.17) is 0 Å². The molecule has 3 rings (SSSR count). The molecule has 1 amide bonds. The highest BCUT2D eigenvalue weighted by atomic mass is 32.1. The largest absolute Gasteiger partial charge is 0.311 e. The highest BCUT2D eigenvalue weighted by Crippen LogP contribution is 2.29. The number of anilines is 1. The molecule has 1 aliphatic carbocycles. The van der Waals surface area contributed by atoms with E-state index >= 15 is 0 Å². The molecule has 1 saturated heterocycles. The Morgan fingerprint density at radius 3 is 2.78 bits per heavy atom. The van der Waals surface area contributed by atoms with Gasteiger partial charge in [0.2, 0.25) is 5.91 Å². The molecule has 1 heterocycles. The van der Waals surface area contributed by atoms with Crippen molar-refractivity contribution >= 4 is 30.0 Å². The minimum absolute atomic E-state index is 0.0956. The molecule has 1 aromatic rings. The Morgan fingerprint density at radius 1 is 1.22 bits per heavy atom. The monoisotopic (exact) mass is 261 g/mol. The molecule has 0 N–H and O–H groups in total. The smallest absolute Gasteiger partial charge is 0.228 e. The summed E-state index contributed by atoms with van der Waals surface area (Å²) in [5, 5.41) is 0.101. The van der Waals surface area contributed by atoms with Crippen LogP contribution in [0.15, 0.2) is 18.2 Å². The van der Waals surface area contributed by atoms with Crippen LogP contribution in [0.5, 0.6) is 0 Å². The summed E-state index contributed by atoms with van der Waals surface area (Å²) in [5.41, 5.74) is 2.75. The number of aryl methyl sites for hydroxylation is 1. The van der Waals surface area contributed by atoms with Crippen LogP contribution in [-0.4, -0.2) is 23.5 Å². The predicted octanol–water partition coefficient (Wildman–Crippen LogP) is 2.24. The molecule has 0 radical (unpaired) electrons. The third-order valence-electron chi connectivity index (χ3n) is 3.66. The Balaban J connectivity index is 1.97. The summed E-state index contributed by atoms with van der Waals surface area (Å²) < 4.78 is 0. The van der Waals surface area contributed by atoms with Gasteiger partial charge in [-0.2, -0.15) is 12.6 Å². The molecule has 1 fully saturated rings. The maximum atomic E-state index is 11.9. The lowest BCUT2D eigenvalue weighted by Crippen LogP contribution is -2.25. The zero-order valence-electron chi connectivity index (χ0n) is 10.1. The zero-order valence-corrected chi connectivity index (χ0v) is 11.0. The van der Waals surface area contributed by atoms with E-state index in [9.17, 15) is 9.59 Å². The van der Waals surface area contributed by atoms with Crippen LogP contribution in [0.1, 0.15) is 35.2 Å². The maximum absolute atomic E-state index is 11.9. The highest BCUT2D eigenvalue weighted by Gasteiger charge is 2.29. The lowest BCUT2D eigenvalue weighted by molar-refractivity contribution is -0.117. The summed E-state index contributed by atoms with van der Waals surface area (Å²) in [7, 11) is 0. The van der Waals surface area contributed by atoms with E-state index in [1.165, 1.54) is 0 Å². The molecule has 0 saturated carbocycles. The van der Waals surface area contributed by atoms with Crippen LogP contribution < -0.4 is 4.90 Å². The summed E-state index contributed by atoms with van der Waals surface area (Å²) in [6.07, 6.45) is 3.00. The van der Waals surface area contributed by atoms with Gasteiger partial charge in [-0.05, 0) is 30.5 Å². The third-order valence-corrected chi connectivity index (χ3v) is 4.01. The van der Waals surface area contributed by atoms with Gasteiger partial charge in [0.05, 0.1) is 0 Å². The van der Waals surface area contributed by atoms with Crippen molar-refractivity contribution in [3.05, 3.63) is 29.3 Å². The Hall–Kier alpha value is -1.29. The van der Waals surface area contributed by atoms with E-state index in [-0.39, 0.29) is 16.9 Å². The third kappa shape index (κ3) is 1.94. The second-order valence-electron chi connectivity index (χ2n) is 4.98. The van der Waals surface area contributed by atoms with E-state index in [0.29, 0.717) is 19.4 Å². The normalized spacial score (nSPS) is 23.4. The Kier molecular flexibility index (Phi) is 2.90. The molecular weight excluding hydrogens is 246 g/mol. The van der Waals surface area contributed by atoms with E-state index in [2.05, 4.69) is 12.6 Å². The van der Waals surface area contributed by atoms with Crippen molar-refractivity contribution in [3.63, 3.8) is 0 Å². The summed E-state index contributed by atoms with van der Waals surface area (Å²) in [6.45, 7) is 0.634. The zero-order chi connectivity index (χ0) is 12.7. The molecule has 1 aliphatic heterocycles. The van der Waals surface area contributed by atoms with Crippen molar-refractivity contribution in [2.75, 3.05) is 11.4 Å². The van der Waals surface area contributed by atoms with Gasteiger partial charge in [-0.15, -0.1) is 0 Å². The lowest BCUT2D eigenvalue weighted by Gasteiger charge is -2.20. The number of benzene rings is 1. The van der Waals surface area contributed by atoms with Crippen molar-refractivity contribution in [1.29, 1.82) is 0 Å². The maximum Gasteiger partial charge on any atom is 0.228 e. The number of hydrogen-bond acceptors (Lipinski definition) is 3. The van der Waals surface area contributed by atoms with Gasteiger partial charge < -0.3 is 4.90 Å². The first kappa shape index (κ1) is 11.8. The number of rotatable bonds is 1. The SMILES string of the molecule is O=C1CCCc2ccc(N3CC(S)CC3=O)cc21. The Morgan fingerprint density at radius 2 is 2.06 bits per heavy atom. The van der Waals surface area contributed by atoms with Gasteiger partial charge in [-0.1, -0.05) is 6.07 Å². The quantitative estimate of drug-likeness (QED) is 0.787. The standard InChI is InChI=1S/C14H15NO2S/c16-13-3-1-2-9-4-5-10(6-12(9)13)15-8-11(18)7-14(15)17/h4-6,11,18H,1-3,7-8H2. The fourth-order valence-electron chi connectivity index (χ4n) is 2.72. The molecule has 94 valence electrons. The van der Waals surface area contributed by atoms with E-state index < -0.39 is 0 Å². The first-order valence-electron chi connectivity index (χ1n) is 6.30. The molecule has 4 heteroatoms. The topological polar surface area (TPSA) is 37.4 Å². The second kappa shape index (κ2) is 4.43. The molecule has 18 heavy (non-hydrogen) atoms. The predicted molar refractivity (Wildman–Crippen MR) is 73.5 cm³/mol. The minimum atomic E-state index is 0.0956. The molecule has 0 bridgehead atoms. The van der Waals surface area contributed by atoms with Crippen LogP contribution in [0.4, 0.5) is 5.69 Å². The summed E-state index contributed by atoms with van der Waals surface area (Å²) in [6, 6.07) is 5.81. The van der Waals surface area contributed by atoms with Gasteiger partial charge in [-0.25, -0.2) is 0 Å². The van der Waals surface area contributed by atoms with Crippen LogP contribution in [0.3, 0.4) is 0 Å². The lowest BCUT2D eigenvalue weighted by atomic mass is 9.90. The van der Waals surface area contributed by atoms with E-state index in [1.54, 1.807) is 4.90 Å². The van der Waals surface area contributed by atoms with E-state index in [1.807, 2.05) is 18.2 Å². The van der Waals surface area contributed by atoms with Crippen LogP contribution in [-0.2, 0) is 11.2 Å². The van der Waals surface area contributed by atoms with Crippen molar-refractivity contribution in [2.24, 2.45) is 0 Å². The number of nitrogens with zero attached hydrogens (tertiary/aromatic N) is 1. The van der Waals surface area contributed by atoms with Gasteiger partial charge in [0.15, 0.2) is 5.78 Å². The Bertz CT molecular complexity index is 527. The van der Waals surface area contributed by atoms with Gasteiger partial charge in [0.25, 0.3) is 0 Å². The number of amides is 1. The molecule has 3 nitrogen and oxygen atoms in total. The van der Waals surface area contributed by atoms with Crippen molar-refractivity contribution in [3.8, 4) is 0 Å². The first-order valence-corrected chi connectivity index (χ1v) is 6.81. The number of fused-ring (bicyclic) bond motifs is 1. The van der Waals surface area contributed by atoms with Gasteiger partial charge in [0.1, 0.15) is 0 Å². The fraction of sp³-hybridized carbons (Fsp3) is 0.429. The van der Waals surface area contributed by atoms with Crippen LogP contribution >= 0.6 is 12.6 Å². The summed E-state index contributed by atoms with van der Waals surface area (Å²) >= 11 is 4.35. The minimum Gasteiger partial charge on any atom is -0.311 e. The number of hydrogen-bond donors (Lipinski definition) is 1. The molecule has 1 aromatic carbocycles. The molecule has 1 atom stereocenters. The van der Waals surface area contributed by atoms with Gasteiger partial charge >= 0.3 is 0 Å². The van der Waals surface area contributed by atoms with Crippen molar-refractivity contribution in [2.45, 2.75) is 30.9 Å². The first-order chi connectivity index (χ1) is 8.65. The van der Waals surface area contributed by atoms with Crippen LogP contribution in [0.2, 0.25) is 0 Å². The molecule has 0 aromatic heterocycles. The number of ketones is 1. The molecule has 0 spiro atoms. The molecule has 2 aliphatic rings. The van der Waals surface area contributed by atoms with E-state index in [0.717, 1.165) is 29.7 Å². The van der Waals surface area contributed by atoms with Crippen LogP contribution in [0.25, 0.3) is 0 Å². The second-order valence-corrected chi connectivity index (χ2v) is 5.71. The summed E-state index contributed by atoms with van der Waals surface area (Å²) in [4.78, 5) is 25.4. The van der Waals surface area contributed by atoms with Gasteiger partial charge in [-0.3, -0.25) is 9.59 Å². The fourth-order valence-corrected chi connectivity index (χ4v) is 3.04.